The number of carbonyl (C=O) groups excluding carboxylic acids is 1. The molecular weight excluding hydrogens is 246 g/mol. The number of amides is 1. The average Bonchev–Trinajstić information content (AvgIpc) is 3.12. The van der Waals surface area contributed by atoms with Crippen LogP contribution in [0.5, 0.6) is 0 Å². The fraction of sp³-hybridized carbons (Fsp3) is 0.500. The van der Waals surface area contributed by atoms with Crippen molar-refractivity contribution in [3.63, 3.8) is 0 Å². The normalized spacial score (nSPS) is 14.8. The number of aromatic nitrogens is 4. The predicted molar refractivity (Wildman–Crippen MR) is 66.7 cm³/mol. The summed E-state index contributed by atoms with van der Waals surface area (Å²) in [5.74, 6) is 0.383. The highest BCUT2D eigenvalue weighted by molar-refractivity contribution is 5.95. The summed E-state index contributed by atoms with van der Waals surface area (Å²) >= 11 is 0. The summed E-state index contributed by atoms with van der Waals surface area (Å²) in [6, 6.07) is 0.255. The quantitative estimate of drug-likeness (QED) is 0.839. The SMILES string of the molecule is Cc1c(C(=O)N(CCO)C2CC2)cnc2ncnn12. The van der Waals surface area contributed by atoms with Gasteiger partial charge in [-0.25, -0.2) is 9.50 Å². The molecule has 1 aliphatic carbocycles. The zero-order valence-electron chi connectivity index (χ0n) is 10.7. The van der Waals surface area contributed by atoms with Crippen molar-refractivity contribution >= 4 is 11.7 Å². The van der Waals surface area contributed by atoms with E-state index in [9.17, 15) is 4.79 Å². The molecule has 1 N–H and O–H groups in total. The first-order valence-electron chi connectivity index (χ1n) is 6.29. The maximum atomic E-state index is 12.5. The third-order valence-electron chi connectivity index (χ3n) is 3.37. The van der Waals surface area contributed by atoms with Crippen LogP contribution in [0.1, 0.15) is 28.9 Å². The van der Waals surface area contributed by atoms with Gasteiger partial charge in [0.1, 0.15) is 6.33 Å². The molecule has 100 valence electrons. The maximum absolute atomic E-state index is 12.5. The number of aliphatic hydroxyl groups excluding tert-OH is 1. The minimum Gasteiger partial charge on any atom is -0.395 e. The van der Waals surface area contributed by atoms with E-state index in [0.29, 0.717) is 17.9 Å². The van der Waals surface area contributed by atoms with Gasteiger partial charge in [0.2, 0.25) is 0 Å². The number of aliphatic hydroxyl groups is 1. The van der Waals surface area contributed by atoms with E-state index < -0.39 is 0 Å². The standard InChI is InChI=1S/C12H15N5O2/c1-8-10(6-13-12-14-7-15-17(8)12)11(19)16(4-5-18)9-2-3-9/h6-7,9,18H,2-5H2,1H3. The van der Waals surface area contributed by atoms with Gasteiger partial charge in [0.05, 0.1) is 17.9 Å². The van der Waals surface area contributed by atoms with E-state index in [1.165, 1.54) is 12.5 Å². The molecule has 0 radical (unpaired) electrons. The highest BCUT2D eigenvalue weighted by Gasteiger charge is 2.33. The van der Waals surface area contributed by atoms with Crippen molar-refractivity contribution in [3.8, 4) is 0 Å². The second-order valence-corrected chi connectivity index (χ2v) is 4.68. The number of fused-ring (bicyclic) bond motifs is 1. The lowest BCUT2D eigenvalue weighted by Gasteiger charge is -2.22. The van der Waals surface area contributed by atoms with E-state index >= 15 is 0 Å². The maximum Gasteiger partial charge on any atom is 0.257 e. The largest absolute Gasteiger partial charge is 0.395 e. The molecule has 1 fully saturated rings. The smallest absolute Gasteiger partial charge is 0.257 e. The number of hydrogen-bond acceptors (Lipinski definition) is 5. The van der Waals surface area contributed by atoms with E-state index in [1.807, 2.05) is 6.92 Å². The Kier molecular flexibility index (Phi) is 2.90. The van der Waals surface area contributed by atoms with Crippen molar-refractivity contribution in [2.45, 2.75) is 25.8 Å². The fourth-order valence-electron chi connectivity index (χ4n) is 2.20. The van der Waals surface area contributed by atoms with Crippen LogP contribution in [0.25, 0.3) is 5.78 Å². The van der Waals surface area contributed by atoms with E-state index in [-0.39, 0.29) is 18.6 Å². The highest BCUT2D eigenvalue weighted by Crippen LogP contribution is 2.28. The summed E-state index contributed by atoms with van der Waals surface area (Å²) in [5, 5.41) is 13.1. The van der Waals surface area contributed by atoms with Crippen LogP contribution in [0.15, 0.2) is 12.5 Å². The van der Waals surface area contributed by atoms with Crippen LogP contribution in [0.3, 0.4) is 0 Å². The number of rotatable bonds is 4. The molecule has 0 aromatic carbocycles. The van der Waals surface area contributed by atoms with Gasteiger partial charge in [0.15, 0.2) is 0 Å². The topological polar surface area (TPSA) is 83.6 Å². The Bertz CT molecular complexity index is 620. The van der Waals surface area contributed by atoms with Crippen LogP contribution in [0, 0.1) is 6.92 Å². The van der Waals surface area contributed by atoms with Crippen LogP contribution in [0.4, 0.5) is 0 Å². The van der Waals surface area contributed by atoms with Gasteiger partial charge in [-0.2, -0.15) is 10.1 Å². The van der Waals surface area contributed by atoms with Crippen molar-refractivity contribution in [3.05, 3.63) is 23.8 Å². The lowest BCUT2D eigenvalue weighted by Crippen LogP contribution is -2.36. The zero-order chi connectivity index (χ0) is 13.4. The van der Waals surface area contributed by atoms with E-state index in [1.54, 1.807) is 9.42 Å². The Morgan fingerprint density at radius 1 is 1.53 bits per heavy atom. The molecule has 7 nitrogen and oxygen atoms in total. The molecule has 1 amide bonds. The van der Waals surface area contributed by atoms with Gasteiger partial charge < -0.3 is 10.0 Å². The van der Waals surface area contributed by atoms with Gasteiger partial charge in [0.25, 0.3) is 11.7 Å². The molecule has 7 heteroatoms. The summed E-state index contributed by atoms with van der Waals surface area (Å²) in [7, 11) is 0. The molecular formula is C12H15N5O2. The minimum atomic E-state index is -0.0982. The Morgan fingerprint density at radius 2 is 2.32 bits per heavy atom. The van der Waals surface area contributed by atoms with Crippen LogP contribution >= 0.6 is 0 Å². The number of hydrogen-bond donors (Lipinski definition) is 1. The van der Waals surface area contributed by atoms with Crippen molar-refractivity contribution in [1.82, 2.24) is 24.5 Å². The molecule has 0 unspecified atom stereocenters. The van der Waals surface area contributed by atoms with E-state index in [2.05, 4.69) is 15.1 Å². The lowest BCUT2D eigenvalue weighted by atomic mass is 10.2. The summed E-state index contributed by atoms with van der Waals surface area (Å²) in [4.78, 5) is 22.3. The van der Waals surface area contributed by atoms with Gasteiger partial charge in [-0.1, -0.05) is 0 Å². The molecule has 0 bridgehead atoms. The van der Waals surface area contributed by atoms with Crippen LogP contribution in [0.2, 0.25) is 0 Å². The summed E-state index contributed by atoms with van der Waals surface area (Å²) in [5.41, 5.74) is 1.23. The van der Waals surface area contributed by atoms with Crippen molar-refractivity contribution in [2.24, 2.45) is 0 Å². The van der Waals surface area contributed by atoms with E-state index in [0.717, 1.165) is 18.5 Å². The van der Waals surface area contributed by atoms with Crippen LogP contribution < -0.4 is 0 Å². The van der Waals surface area contributed by atoms with Crippen LogP contribution in [-0.2, 0) is 0 Å². The highest BCUT2D eigenvalue weighted by atomic mass is 16.3. The molecule has 0 saturated heterocycles. The summed E-state index contributed by atoms with van der Waals surface area (Å²) < 4.78 is 1.55. The Balaban J connectivity index is 1.97. The second kappa shape index (κ2) is 4.58. The Hall–Kier alpha value is -2.02. The minimum absolute atomic E-state index is 0.0275. The fourth-order valence-corrected chi connectivity index (χ4v) is 2.20. The van der Waals surface area contributed by atoms with Crippen molar-refractivity contribution < 1.29 is 9.90 Å². The number of carbonyl (C=O) groups is 1. The van der Waals surface area contributed by atoms with Gasteiger partial charge in [-0.05, 0) is 19.8 Å². The third kappa shape index (κ3) is 2.06. The lowest BCUT2D eigenvalue weighted by molar-refractivity contribution is 0.0705. The predicted octanol–water partition coefficient (Wildman–Crippen LogP) is 0.0296. The molecule has 0 aliphatic heterocycles. The molecule has 2 aromatic rings. The molecule has 0 atom stereocenters. The molecule has 1 aliphatic rings. The first kappa shape index (κ1) is 12.0. The van der Waals surface area contributed by atoms with Gasteiger partial charge >= 0.3 is 0 Å². The van der Waals surface area contributed by atoms with E-state index in [4.69, 9.17) is 5.11 Å². The molecule has 2 aromatic heterocycles. The van der Waals surface area contributed by atoms with Crippen molar-refractivity contribution in [1.29, 1.82) is 0 Å². The first-order valence-corrected chi connectivity index (χ1v) is 6.29. The summed E-state index contributed by atoms with van der Waals surface area (Å²) in [6.45, 7) is 2.15. The number of nitrogens with zero attached hydrogens (tertiary/aromatic N) is 5. The van der Waals surface area contributed by atoms with Crippen LogP contribution in [-0.4, -0.2) is 54.7 Å². The molecule has 2 heterocycles. The third-order valence-corrected chi connectivity index (χ3v) is 3.37. The number of aryl methyl sites for hydroxylation is 1. The average molecular weight is 261 g/mol. The van der Waals surface area contributed by atoms with Gasteiger partial charge in [0, 0.05) is 18.8 Å². The first-order chi connectivity index (χ1) is 9.22. The molecule has 3 rings (SSSR count). The summed E-state index contributed by atoms with van der Waals surface area (Å²) in [6.07, 6.45) is 4.96. The Labute approximate surface area is 109 Å². The molecule has 1 saturated carbocycles. The molecule has 19 heavy (non-hydrogen) atoms. The Morgan fingerprint density at radius 3 is 3.00 bits per heavy atom. The zero-order valence-corrected chi connectivity index (χ0v) is 10.7. The second-order valence-electron chi connectivity index (χ2n) is 4.68. The van der Waals surface area contributed by atoms with Gasteiger partial charge in [-0.3, -0.25) is 4.79 Å². The molecule has 0 spiro atoms. The monoisotopic (exact) mass is 261 g/mol. The van der Waals surface area contributed by atoms with Crippen molar-refractivity contribution in [2.75, 3.05) is 13.2 Å². The van der Waals surface area contributed by atoms with Gasteiger partial charge in [-0.15, -0.1) is 0 Å².